The van der Waals surface area contributed by atoms with E-state index in [0.29, 0.717) is 23.5 Å². The van der Waals surface area contributed by atoms with E-state index < -0.39 is 5.97 Å². The largest absolute Gasteiger partial charge is 0.465 e. The highest BCUT2D eigenvalue weighted by Gasteiger charge is 2.31. The molecule has 0 aliphatic carbocycles. The molecule has 1 fully saturated rings. The zero-order valence-electron chi connectivity index (χ0n) is 12.4. The van der Waals surface area contributed by atoms with Crippen LogP contribution in [0.5, 0.6) is 0 Å². The fraction of sp³-hybridized carbons (Fsp3) is 0.467. The van der Waals surface area contributed by atoms with Crippen LogP contribution in [0, 0.1) is 0 Å². The number of hydrogen-bond acceptors (Lipinski definition) is 5. The van der Waals surface area contributed by atoms with Gasteiger partial charge in [-0.2, -0.15) is 0 Å². The highest BCUT2D eigenvalue weighted by molar-refractivity contribution is 6.00. The number of nitrogens with one attached hydrogen (secondary N) is 1. The Labute approximate surface area is 124 Å². The zero-order chi connectivity index (χ0) is 15.4. The van der Waals surface area contributed by atoms with Gasteiger partial charge < -0.3 is 20.7 Å². The number of carbonyl (C=O) groups excluding carboxylic acids is 2. The Kier molecular flexibility index (Phi) is 4.67. The van der Waals surface area contributed by atoms with E-state index in [1.54, 1.807) is 25.2 Å². The number of benzene rings is 1. The minimum atomic E-state index is -0.446. The Balaban J connectivity index is 2.47. The predicted octanol–water partition coefficient (Wildman–Crippen LogP) is 1.16. The molecule has 0 spiro atoms. The molecule has 1 aliphatic heterocycles. The van der Waals surface area contributed by atoms with E-state index >= 15 is 0 Å². The second-order valence-electron chi connectivity index (χ2n) is 5.05. The molecule has 0 bridgehead atoms. The number of nitrogens with two attached hydrogens (primary N) is 1. The quantitative estimate of drug-likeness (QED) is 0.645. The van der Waals surface area contributed by atoms with Crippen LogP contribution in [0.15, 0.2) is 18.2 Å². The lowest BCUT2D eigenvalue weighted by Crippen LogP contribution is -2.49. The summed E-state index contributed by atoms with van der Waals surface area (Å²) in [5, 5.41) is 2.68. The third-order valence-corrected chi connectivity index (χ3v) is 3.81. The topological polar surface area (TPSA) is 84.7 Å². The number of nitrogens with zero attached hydrogens (tertiary/aromatic N) is 1. The van der Waals surface area contributed by atoms with Crippen LogP contribution in [0.25, 0.3) is 0 Å². The lowest BCUT2D eigenvalue weighted by Gasteiger charge is -2.37. The molecule has 1 amide bonds. The Morgan fingerprint density at radius 2 is 2.14 bits per heavy atom. The average molecular weight is 291 g/mol. The van der Waals surface area contributed by atoms with Crippen molar-refractivity contribution in [3.05, 3.63) is 23.8 Å². The summed E-state index contributed by atoms with van der Waals surface area (Å²) in [6.45, 7) is 0.691. The van der Waals surface area contributed by atoms with E-state index in [9.17, 15) is 9.59 Å². The maximum absolute atomic E-state index is 12.1. The first-order valence-corrected chi connectivity index (χ1v) is 7.05. The van der Waals surface area contributed by atoms with Gasteiger partial charge in [0.25, 0.3) is 0 Å². The summed E-state index contributed by atoms with van der Waals surface area (Å²) < 4.78 is 4.82. The SMILES string of the molecule is CNC(=O)C1CCCCN1c1c(N)cccc1C(=O)OC. The smallest absolute Gasteiger partial charge is 0.340 e. The number of hydrogen-bond donors (Lipinski definition) is 2. The molecule has 3 N–H and O–H groups in total. The normalized spacial score (nSPS) is 18.2. The third kappa shape index (κ3) is 2.94. The molecule has 2 rings (SSSR count). The van der Waals surface area contributed by atoms with Gasteiger partial charge in [0, 0.05) is 13.6 Å². The van der Waals surface area contributed by atoms with Crippen LogP contribution < -0.4 is 16.0 Å². The second kappa shape index (κ2) is 6.47. The van der Waals surface area contributed by atoms with Gasteiger partial charge in [0.2, 0.25) is 5.91 Å². The van der Waals surface area contributed by atoms with Gasteiger partial charge in [-0.1, -0.05) is 6.07 Å². The molecule has 0 saturated carbocycles. The molecule has 21 heavy (non-hydrogen) atoms. The van der Waals surface area contributed by atoms with Crippen molar-refractivity contribution in [2.75, 3.05) is 31.3 Å². The Morgan fingerprint density at radius 1 is 1.38 bits per heavy atom. The highest BCUT2D eigenvalue weighted by Crippen LogP contribution is 2.33. The second-order valence-corrected chi connectivity index (χ2v) is 5.05. The number of piperidine rings is 1. The van der Waals surface area contributed by atoms with Crippen LogP contribution >= 0.6 is 0 Å². The van der Waals surface area contributed by atoms with Crippen LogP contribution in [-0.2, 0) is 9.53 Å². The van der Waals surface area contributed by atoms with Gasteiger partial charge >= 0.3 is 5.97 Å². The summed E-state index contributed by atoms with van der Waals surface area (Å²) in [7, 11) is 2.95. The molecule has 1 aromatic carbocycles. The molecule has 1 saturated heterocycles. The van der Waals surface area contributed by atoms with Gasteiger partial charge in [-0.25, -0.2) is 4.79 Å². The van der Waals surface area contributed by atoms with Crippen molar-refractivity contribution in [2.45, 2.75) is 25.3 Å². The zero-order valence-corrected chi connectivity index (χ0v) is 12.4. The molecule has 1 heterocycles. The van der Waals surface area contributed by atoms with Crippen molar-refractivity contribution in [2.24, 2.45) is 0 Å². The van der Waals surface area contributed by atoms with Gasteiger partial charge in [0.05, 0.1) is 24.0 Å². The van der Waals surface area contributed by atoms with Crippen molar-refractivity contribution in [1.29, 1.82) is 0 Å². The van der Waals surface area contributed by atoms with Crippen LogP contribution in [0.4, 0.5) is 11.4 Å². The summed E-state index contributed by atoms with van der Waals surface area (Å²) >= 11 is 0. The van der Waals surface area contributed by atoms with Crippen molar-refractivity contribution < 1.29 is 14.3 Å². The minimum Gasteiger partial charge on any atom is -0.465 e. The number of carbonyl (C=O) groups is 2. The summed E-state index contributed by atoms with van der Waals surface area (Å²) in [5.74, 6) is -0.507. The fourth-order valence-corrected chi connectivity index (χ4v) is 2.79. The molecule has 0 aromatic heterocycles. The number of nitrogen functional groups attached to an aromatic ring is 1. The first-order valence-electron chi connectivity index (χ1n) is 7.05. The molecule has 6 nitrogen and oxygen atoms in total. The standard InChI is InChI=1S/C15H21N3O3/c1-17-14(19)12-8-3-4-9-18(12)13-10(15(20)21-2)6-5-7-11(13)16/h5-7,12H,3-4,8-9,16H2,1-2H3,(H,17,19). The van der Waals surface area contributed by atoms with Crippen LogP contribution in [0.3, 0.4) is 0 Å². The van der Waals surface area contributed by atoms with Crippen LogP contribution in [-0.4, -0.2) is 38.6 Å². The van der Waals surface area contributed by atoms with Crippen LogP contribution in [0.1, 0.15) is 29.6 Å². The highest BCUT2D eigenvalue weighted by atomic mass is 16.5. The number of esters is 1. The molecular formula is C15H21N3O3. The van der Waals surface area contributed by atoms with Crippen LogP contribution in [0.2, 0.25) is 0 Å². The first kappa shape index (κ1) is 15.2. The number of likely N-dealkylation sites (N-methyl/N-ethyl adjacent to an activating group) is 1. The molecule has 1 aromatic rings. The average Bonchev–Trinajstić information content (AvgIpc) is 2.53. The molecule has 114 valence electrons. The third-order valence-electron chi connectivity index (χ3n) is 3.81. The molecule has 0 radical (unpaired) electrons. The number of rotatable bonds is 3. The van der Waals surface area contributed by atoms with E-state index in [4.69, 9.17) is 10.5 Å². The monoisotopic (exact) mass is 291 g/mol. The molecule has 1 aliphatic rings. The Bertz CT molecular complexity index is 545. The van der Waals surface area contributed by atoms with E-state index in [1.807, 2.05) is 4.90 Å². The lowest BCUT2D eigenvalue weighted by atomic mass is 9.98. The minimum absolute atomic E-state index is 0.0613. The fourth-order valence-electron chi connectivity index (χ4n) is 2.79. The van der Waals surface area contributed by atoms with E-state index in [2.05, 4.69) is 5.32 Å². The van der Waals surface area contributed by atoms with E-state index in [1.165, 1.54) is 7.11 Å². The van der Waals surface area contributed by atoms with Gasteiger partial charge in [0.15, 0.2) is 0 Å². The number of anilines is 2. The number of amides is 1. The predicted molar refractivity (Wildman–Crippen MR) is 81.2 cm³/mol. The molecule has 1 unspecified atom stereocenters. The maximum Gasteiger partial charge on any atom is 0.340 e. The van der Waals surface area contributed by atoms with Gasteiger partial charge in [0.1, 0.15) is 6.04 Å². The molecular weight excluding hydrogens is 270 g/mol. The first-order chi connectivity index (χ1) is 10.1. The molecule has 1 atom stereocenters. The van der Waals surface area contributed by atoms with Gasteiger partial charge in [-0.15, -0.1) is 0 Å². The molecule has 6 heteroatoms. The van der Waals surface area contributed by atoms with E-state index in [0.717, 1.165) is 19.3 Å². The van der Waals surface area contributed by atoms with Crippen molar-refractivity contribution in [3.8, 4) is 0 Å². The lowest BCUT2D eigenvalue weighted by molar-refractivity contribution is -0.122. The number of ether oxygens (including phenoxy) is 1. The maximum atomic E-state index is 12.1. The number of para-hydroxylation sites is 1. The van der Waals surface area contributed by atoms with Crippen molar-refractivity contribution >= 4 is 23.3 Å². The Hall–Kier alpha value is -2.24. The van der Waals surface area contributed by atoms with Gasteiger partial charge in [-0.3, -0.25) is 4.79 Å². The summed E-state index contributed by atoms with van der Waals surface area (Å²) in [5.41, 5.74) is 7.54. The summed E-state index contributed by atoms with van der Waals surface area (Å²) in [4.78, 5) is 26.0. The van der Waals surface area contributed by atoms with Gasteiger partial charge in [-0.05, 0) is 31.4 Å². The van der Waals surface area contributed by atoms with Crippen molar-refractivity contribution in [1.82, 2.24) is 5.32 Å². The Morgan fingerprint density at radius 3 is 2.81 bits per heavy atom. The summed E-state index contributed by atoms with van der Waals surface area (Å²) in [6.07, 6.45) is 2.69. The van der Waals surface area contributed by atoms with E-state index in [-0.39, 0.29) is 11.9 Å². The number of methoxy groups -OCH3 is 1. The van der Waals surface area contributed by atoms with Crippen molar-refractivity contribution in [3.63, 3.8) is 0 Å². The summed E-state index contributed by atoms with van der Waals surface area (Å²) in [6, 6.07) is 4.81.